The smallest absolute Gasteiger partial charge is 0.0541 e. The largest absolute Gasteiger partial charge is 0.310 e. The molecule has 212 valence electrons. The van der Waals surface area contributed by atoms with Gasteiger partial charge in [-0.1, -0.05) is 91.0 Å². The molecule has 0 saturated carbocycles. The number of para-hydroxylation sites is 3. The number of benzene rings is 7. The zero-order valence-corrected chi connectivity index (χ0v) is 25.3. The van der Waals surface area contributed by atoms with Gasteiger partial charge in [0.1, 0.15) is 0 Å². The van der Waals surface area contributed by atoms with E-state index in [1.807, 2.05) is 11.3 Å². The van der Waals surface area contributed by atoms with Crippen molar-refractivity contribution in [3.05, 3.63) is 170 Å². The van der Waals surface area contributed by atoms with Gasteiger partial charge in [-0.2, -0.15) is 0 Å². The molecule has 0 radical (unpaired) electrons. The lowest BCUT2D eigenvalue weighted by molar-refractivity contribution is 1.17. The first kappa shape index (κ1) is 25.8. The van der Waals surface area contributed by atoms with E-state index in [9.17, 15) is 0 Å². The number of rotatable bonds is 5. The second kappa shape index (κ2) is 10.5. The van der Waals surface area contributed by atoms with Crippen LogP contribution in [0.1, 0.15) is 0 Å². The first-order valence-electron chi connectivity index (χ1n) is 15.3. The van der Waals surface area contributed by atoms with E-state index in [-0.39, 0.29) is 0 Å². The van der Waals surface area contributed by atoms with Crippen molar-refractivity contribution >= 4 is 70.4 Å². The van der Waals surface area contributed by atoms with E-state index in [1.165, 1.54) is 53.1 Å². The van der Waals surface area contributed by atoms with Gasteiger partial charge >= 0.3 is 0 Å². The third kappa shape index (κ3) is 4.32. The lowest BCUT2D eigenvalue weighted by atomic mass is 10.0. The maximum atomic E-state index is 2.37. The predicted molar refractivity (Wildman–Crippen MR) is 194 cm³/mol. The zero-order chi connectivity index (χ0) is 29.7. The molecule has 0 unspecified atom stereocenters. The van der Waals surface area contributed by atoms with Crippen molar-refractivity contribution in [1.82, 2.24) is 4.57 Å². The molecule has 3 heteroatoms. The van der Waals surface area contributed by atoms with Crippen LogP contribution in [0, 0.1) is 0 Å². The number of fused-ring (bicyclic) bond motifs is 6. The summed E-state index contributed by atoms with van der Waals surface area (Å²) in [4.78, 5) is 2.34. The van der Waals surface area contributed by atoms with E-state index in [0.717, 1.165) is 22.7 Å². The first-order valence-corrected chi connectivity index (χ1v) is 16.1. The van der Waals surface area contributed by atoms with Gasteiger partial charge in [0.05, 0.1) is 11.0 Å². The molecule has 9 aromatic rings. The minimum Gasteiger partial charge on any atom is -0.310 e. The van der Waals surface area contributed by atoms with Gasteiger partial charge in [-0.05, 0) is 90.0 Å². The standard InChI is InChI=1S/C42H28N2S/c1-2-12-31(13-3-1)43(32-22-24-33(25-23-32)44-39-18-7-4-15-35(39)36-16-5-8-19-40(36)44)34-14-10-11-29(27-34)30-21-26-42-38(28-30)37-17-6-9-20-41(37)45-42/h1-28H. The van der Waals surface area contributed by atoms with Crippen LogP contribution >= 0.6 is 11.3 Å². The summed E-state index contributed by atoms with van der Waals surface area (Å²) in [5.74, 6) is 0. The monoisotopic (exact) mass is 592 g/mol. The highest BCUT2D eigenvalue weighted by atomic mass is 32.1. The molecule has 2 nitrogen and oxygen atoms in total. The summed E-state index contributed by atoms with van der Waals surface area (Å²) in [7, 11) is 0. The van der Waals surface area contributed by atoms with E-state index in [1.54, 1.807) is 0 Å². The van der Waals surface area contributed by atoms with Gasteiger partial charge in [-0.3, -0.25) is 0 Å². The van der Waals surface area contributed by atoms with Crippen molar-refractivity contribution in [1.29, 1.82) is 0 Å². The van der Waals surface area contributed by atoms with Gasteiger partial charge in [-0.15, -0.1) is 11.3 Å². The Kier molecular flexibility index (Phi) is 6.03. The van der Waals surface area contributed by atoms with Crippen LogP contribution in [0.3, 0.4) is 0 Å². The fourth-order valence-electron chi connectivity index (χ4n) is 6.71. The molecule has 0 atom stereocenters. The van der Waals surface area contributed by atoms with E-state index in [4.69, 9.17) is 0 Å². The molecule has 0 aliphatic heterocycles. The van der Waals surface area contributed by atoms with Crippen molar-refractivity contribution in [2.45, 2.75) is 0 Å². The first-order chi connectivity index (χ1) is 22.3. The summed E-state index contributed by atoms with van der Waals surface area (Å²) in [6.07, 6.45) is 0. The fraction of sp³-hybridized carbons (Fsp3) is 0. The molecule has 0 aliphatic carbocycles. The molecule has 0 aliphatic rings. The number of hydrogen-bond donors (Lipinski definition) is 0. The van der Waals surface area contributed by atoms with E-state index < -0.39 is 0 Å². The number of aromatic nitrogens is 1. The predicted octanol–water partition coefficient (Wildman–Crippen LogP) is 12.3. The van der Waals surface area contributed by atoms with Crippen molar-refractivity contribution in [2.75, 3.05) is 4.90 Å². The second-order valence-corrected chi connectivity index (χ2v) is 12.5. The van der Waals surface area contributed by atoms with Gasteiger partial charge in [0.2, 0.25) is 0 Å². The van der Waals surface area contributed by atoms with Crippen LogP contribution in [0.5, 0.6) is 0 Å². The fourth-order valence-corrected chi connectivity index (χ4v) is 7.79. The molecule has 0 bridgehead atoms. The van der Waals surface area contributed by atoms with Crippen LogP contribution in [0.2, 0.25) is 0 Å². The average molecular weight is 593 g/mol. The minimum absolute atomic E-state index is 1.11. The molecular weight excluding hydrogens is 565 g/mol. The van der Waals surface area contributed by atoms with E-state index >= 15 is 0 Å². The number of nitrogens with zero attached hydrogens (tertiary/aromatic N) is 2. The van der Waals surface area contributed by atoms with Gasteiger partial charge < -0.3 is 9.47 Å². The Labute approximate surface area is 265 Å². The molecule has 7 aromatic carbocycles. The molecule has 9 rings (SSSR count). The summed E-state index contributed by atoms with van der Waals surface area (Å²) in [6.45, 7) is 0. The number of hydrogen-bond acceptors (Lipinski definition) is 2. The molecule has 2 heterocycles. The van der Waals surface area contributed by atoms with Crippen LogP contribution in [0.25, 0.3) is 58.8 Å². The minimum atomic E-state index is 1.11. The van der Waals surface area contributed by atoms with Crippen LogP contribution in [-0.2, 0) is 0 Å². The number of thiophene rings is 1. The Morgan fingerprint density at radius 1 is 0.378 bits per heavy atom. The molecule has 0 fully saturated rings. The molecule has 0 saturated heterocycles. The van der Waals surface area contributed by atoms with E-state index in [0.29, 0.717) is 0 Å². The Morgan fingerprint density at radius 3 is 1.71 bits per heavy atom. The summed E-state index contributed by atoms with van der Waals surface area (Å²) in [6, 6.07) is 61.4. The summed E-state index contributed by atoms with van der Waals surface area (Å²) in [5, 5.41) is 5.19. The Hall–Kier alpha value is -5.64. The van der Waals surface area contributed by atoms with Crippen molar-refractivity contribution in [2.24, 2.45) is 0 Å². The SMILES string of the molecule is c1ccc(N(c2ccc(-n3c4ccccc4c4ccccc43)cc2)c2cccc(-c3ccc4sc5ccccc5c4c3)c2)cc1. The topological polar surface area (TPSA) is 8.17 Å². The normalized spacial score (nSPS) is 11.6. The molecule has 0 amide bonds. The van der Waals surface area contributed by atoms with Crippen LogP contribution in [0.4, 0.5) is 17.1 Å². The van der Waals surface area contributed by atoms with Crippen LogP contribution in [-0.4, -0.2) is 4.57 Å². The molecule has 45 heavy (non-hydrogen) atoms. The average Bonchev–Trinajstić information content (AvgIpc) is 3.65. The lowest BCUT2D eigenvalue weighted by Crippen LogP contribution is -2.10. The third-order valence-corrected chi connectivity index (χ3v) is 9.93. The maximum Gasteiger partial charge on any atom is 0.0541 e. The highest BCUT2D eigenvalue weighted by Gasteiger charge is 2.16. The van der Waals surface area contributed by atoms with E-state index in [2.05, 4.69) is 179 Å². The van der Waals surface area contributed by atoms with Crippen LogP contribution in [0.15, 0.2) is 170 Å². The van der Waals surface area contributed by atoms with Gasteiger partial charge in [0, 0.05) is 53.7 Å². The second-order valence-electron chi connectivity index (χ2n) is 11.4. The van der Waals surface area contributed by atoms with Crippen molar-refractivity contribution in [3.8, 4) is 16.8 Å². The van der Waals surface area contributed by atoms with Gasteiger partial charge in [-0.25, -0.2) is 0 Å². The zero-order valence-electron chi connectivity index (χ0n) is 24.5. The molecular formula is C42H28N2S. The van der Waals surface area contributed by atoms with Gasteiger partial charge in [0.25, 0.3) is 0 Å². The molecule has 0 N–H and O–H groups in total. The summed E-state index contributed by atoms with van der Waals surface area (Å²) < 4.78 is 5.02. The highest BCUT2D eigenvalue weighted by molar-refractivity contribution is 7.25. The summed E-state index contributed by atoms with van der Waals surface area (Å²) in [5.41, 5.74) is 9.37. The van der Waals surface area contributed by atoms with Crippen LogP contribution < -0.4 is 4.90 Å². The Bertz CT molecular complexity index is 2430. The molecule has 0 spiro atoms. The quantitative estimate of drug-likeness (QED) is 0.193. The summed E-state index contributed by atoms with van der Waals surface area (Å²) >= 11 is 1.86. The number of anilines is 3. The maximum absolute atomic E-state index is 2.37. The third-order valence-electron chi connectivity index (χ3n) is 8.77. The Morgan fingerprint density at radius 2 is 0.956 bits per heavy atom. The highest BCUT2D eigenvalue weighted by Crippen LogP contribution is 2.40. The van der Waals surface area contributed by atoms with Crippen molar-refractivity contribution in [3.63, 3.8) is 0 Å². The molecule has 2 aromatic heterocycles. The van der Waals surface area contributed by atoms with Gasteiger partial charge in [0.15, 0.2) is 0 Å². The Balaban J connectivity index is 1.15. The van der Waals surface area contributed by atoms with Crippen molar-refractivity contribution < 1.29 is 0 Å². The lowest BCUT2D eigenvalue weighted by Gasteiger charge is -2.26.